The van der Waals surface area contributed by atoms with E-state index in [1.165, 1.54) is 16.2 Å². The van der Waals surface area contributed by atoms with Crippen molar-refractivity contribution in [2.75, 3.05) is 18.6 Å². The van der Waals surface area contributed by atoms with Gasteiger partial charge in [-0.05, 0) is 37.1 Å². The second kappa shape index (κ2) is 8.20. The van der Waals surface area contributed by atoms with E-state index in [-0.39, 0.29) is 30.2 Å². The van der Waals surface area contributed by atoms with E-state index < -0.39 is 5.91 Å². The first-order valence-corrected chi connectivity index (χ1v) is 11.2. The van der Waals surface area contributed by atoms with Crippen molar-refractivity contribution < 1.29 is 19.1 Å². The molecule has 2 heterocycles. The van der Waals surface area contributed by atoms with Crippen molar-refractivity contribution in [3.8, 4) is 5.75 Å². The van der Waals surface area contributed by atoms with Crippen LogP contribution in [0.1, 0.15) is 12.8 Å². The molecule has 2 aromatic carbocycles. The second-order valence-corrected chi connectivity index (χ2v) is 8.82. The molecule has 1 fully saturated rings. The van der Waals surface area contributed by atoms with Crippen LogP contribution < -0.4 is 9.64 Å². The average Bonchev–Trinajstić information content (AvgIpc) is 3.34. The molecule has 8 heteroatoms. The highest BCUT2D eigenvalue weighted by molar-refractivity contribution is 7.22. The predicted octanol–water partition coefficient (Wildman–Crippen LogP) is 3.92. The summed E-state index contributed by atoms with van der Waals surface area (Å²) < 4.78 is 6.27. The summed E-state index contributed by atoms with van der Waals surface area (Å²) >= 11 is 1.38. The van der Waals surface area contributed by atoms with E-state index in [1.807, 2.05) is 36.4 Å². The van der Waals surface area contributed by atoms with Gasteiger partial charge in [0.25, 0.3) is 5.91 Å². The molecule has 32 heavy (non-hydrogen) atoms. The molecule has 1 aliphatic carbocycles. The maximum absolute atomic E-state index is 13.6. The maximum Gasteiger partial charge on any atom is 0.253 e. The van der Waals surface area contributed by atoms with Gasteiger partial charge in [0.2, 0.25) is 11.8 Å². The number of ether oxygens (including phenoxy) is 1. The zero-order chi connectivity index (χ0) is 22.2. The number of likely N-dealkylation sites (tertiary alicyclic amines) is 1. The summed E-state index contributed by atoms with van der Waals surface area (Å²) in [5.41, 5.74) is 1.34. The van der Waals surface area contributed by atoms with Crippen molar-refractivity contribution in [2.24, 2.45) is 11.8 Å². The highest BCUT2D eigenvalue weighted by Gasteiger charge is 2.48. The Kier molecular flexibility index (Phi) is 5.22. The first kappa shape index (κ1) is 20.4. The minimum Gasteiger partial charge on any atom is -0.497 e. The largest absolute Gasteiger partial charge is 0.497 e. The second-order valence-electron chi connectivity index (χ2n) is 7.81. The normalized spacial score (nSPS) is 20.0. The quantitative estimate of drug-likeness (QED) is 0.438. The summed E-state index contributed by atoms with van der Waals surface area (Å²) in [6, 6.07) is 14.7. The number of hydrogen-bond donors (Lipinski definition) is 0. The van der Waals surface area contributed by atoms with Gasteiger partial charge in [-0.15, -0.1) is 0 Å². The Bertz CT molecular complexity index is 1190. The van der Waals surface area contributed by atoms with Gasteiger partial charge in [-0.1, -0.05) is 41.7 Å². The number of fused-ring (bicyclic) bond motifs is 2. The van der Waals surface area contributed by atoms with Gasteiger partial charge < -0.3 is 4.74 Å². The monoisotopic (exact) mass is 447 g/mol. The van der Waals surface area contributed by atoms with Gasteiger partial charge in [0.1, 0.15) is 12.3 Å². The number of carbonyl (C=O) groups is 3. The van der Waals surface area contributed by atoms with Crippen molar-refractivity contribution in [1.82, 2.24) is 9.88 Å². The molecule has 2 atom stereocenters. The SMILES string of the molecule is COc1cccc(N(C(=O)CN2C(=O)[C@H]3CC=CC[C@H]3C2=O)c2nc3ccccc3s2)c1. The van der Waals surface area contributed by atoms with E-state index in [4.69, 9.17) is 4.74 Å². The first-order chi connectivity index (χ1) is 15.6. The molecular weight excluding hydrogens is 426 g/mol. The van der Waals surface area contributed by atoms with Crippen molar-refractivity contribution in [3.05, 3.63) is 60.7 Å². The van der Waals surface area contributed by atoms with Crippen molar-refractivity contribution in [3.63, 3.8) is 0 Å². The molecule has 162 valence electrons. The van der Waals surface area contributed by atoms with E-state index in [1.54, 1.807) is 31.4 Å². The van der Waals surface area contributed by atoms with Crippen LogP contribution in [0.25, 0.3) is 10.2 Å². The van der Waals surface area contributed by atoms with Crippen molar-refractivity contribution in [2.45, 2.75) is 12.8 Å². The number of methoxy groups -OCH3 is 1. The van der Waals surface area contributed by atoms with Crippen LogP contribution in [0.15, 0.2) is 60.7 Å². The van der Waals surface area contributed by atoms with Crippen molar-refractivity contribution >= 4 is 50.1 Å². The standard InChI is InChI=1S/C24H21N3O4S/c1-31-16-8-6-7-15(13-16)27(24-25-19-11-4-5-12-20(19)32-24)21(28)14-26-22(29)17-9-2-3-10-18(17)23(26)30/h2-8,11-13,17-18H,9-10,14H2,1H3/t17-,18+. The number of aromatic nitrogens is 1. The number of nitrogens with zero attached hydrogens (tertiary/aromatic N) is 3. The summed E-state index contributed by atoms with van der Waals surface area (Å²) in [5, 5.41) is 0.475. The van der Waals surface area contributed by atoms with Crippen LogP contribution in [0.3, 0.4) is 0 Å². The molecule has 0 N–H and O–H groups in total. The molecule has 2 aliphatic rings. The Morgan fingerprint density at radius 1 is 1.09 bits per heavy atom. The van der Waals surface area contributed by atoms with Gasteiger partial charge in [-0.25, -0.2) is 4.98 Å². The minimum atomic E-state index is -0.398. The summed E-state index contributed by atoms with van der Waals surface area (Å²) in [7, 11) is 1.56. The molecule has 3 amide bonds. The molecule has 3 aromatic rings. The van der Waals surface area contributed by atoms with Gasteiger partial charge in [-0.2, -0.15) is 0 Å². The summed E-state index contributed by atoms with van der Waals surface area (Å²) in [4.78, 5) is 46.6. The fourth-order valence-corrected chi connectivity index (χ4v) is 5.30. The number of allylic oxidation sites excluding steroid dienone is 2. The molecular formula is C24H21N3O4S. The summed E-state index contributed by atoms with van der Waals surface area (Å²) in [5.74, 6) is -1.08. The number of rotatable bonds is 5. The first-order valence-electron chi connectivity index (χ1n) is 10.4. The Labute approximate surface area is 188 Å². The Balaban J connectivity index is 1.50. The highest BCUT2D eigenvalue weighted by atomic mass is 32.1. The third kappa shape index (κ3) is 3.46. The Morgan fingerprint density at radius 2 is 1.81 bits per heavy atom. The molecule has 0 spiro atoms. The van der Waals surface area contributed by atoms with Crippen molar-refractivity contribution in [1.29, 1.82) is 0 Å². The number of thiazole rings is 1. The fraction of sp³-hybridized carbons (Fsp3) is 0.250. The minimum absolute atomic E-state index is 0.271. The summed E-state index contributed by atoms with van der Waals surface area (Å²) in [6.45, 7) is -0.322. The number of imide groups is 1. The van der Waals surface area contributed by atoms with Crippen LogP contribution >= 0.6 is 11.3 Å². The molecule has 1 aromatic heterocycles. The third-order valence-corrected chi connectivity index (χ3v) is 6.95. The molecule has 0 unspecified atom stereocenters. The number of hydrogen-bond acceptors (Lipinski definition) is 6. The van der Waals surface area contributed by atoms with Gasteiger partial charge in [0, 0.05) is 6.07 Å². The van der Waals surface area contributed by atoms with Crippen LogP contribution in [-0.4, -0.2) is 41.3 Å². The zero-order valence-corrected chi connectivity index (χ0v) is 18.2. The van der Waals surface area contributed by atoms with Gasteiger partial charge in [0.15, 0.2) is 5.13 Å². The molecule has 1 aliphatic heterocycles. The topological polar surface area (TPSA) is 79.8 Å². The number of benzene rings is 2. The van der Waals surface area contributed by atoms with E-state index in [2.05, 4.69) is 4.98 Å². The number of para-hydroxylation sites is 1. The molecule has 0 saturated carbocycles. The van der Waals surface area contributed by atoms with E-state index in [0.717, 1.165) is 15.1 Å². The van der Waals surface area contributed by atoms with Gasteiger partial charge in [-0.3, -0.25) is 24.2 Å². The average molecular weight is 448 g/mol. The Hall–Kier alpha value is -3.52. The van der Waals surface area contributed by atoms with Crippen LogP contribution in [0.5, 0.6) is 5.75 Å². The number of amides is 3. The van der Waals surface area contributed by atoms with Crippen LogP contribution in [-0.2, 0) is 14.4 Å². The molecule has 5 rings (SSSR count). The summed E-state index contributed by atoms with van der Waals surface area (Å²) in [6.07, 6.45) is 4.94. The van der Waals surface area contributed by atoms with Crippen LogP contribution in [0.2, 0.25) is 0 Å². The lowest BCUT2D eigenvalue weighted by Gasteiger charge is -2.23. The molecule has 7 nitrogen and oxygen atoms in total. The lowest BCUT2D eigenvalue weighted by molar-refractivity contribution is -0.143. The highest BCUT2D eigenvalue weighted by Crippen LogP contribution is 2.37. The third-order valence-electron chi connectivity index (χ3n) is 5.93. The molecule has 0 radical (unpaired) electrons. The van der Waals surface area contributed by atoms with E-state index >= 15 is 0 Å². The molecule has 0 bridgehead atoms. The lowest BCUT2D eigenvalue weighted by Crippen LogP contribution is -2.41. The van der Waals surface area contributed by atoms with Gasteiger partial charge in [0.05, 0.1) is 34.8 Å². The van der Waals surface area contributed by atoms with E-state index in [9.17, 15) is 14.4 Å². The zero-order valence-electron chi connectivity index (χ0n) is 17.4. The Morgan fingerprint density at radius 3 is 2.50 bits per heavy atom. The smallest absolute Gasteiger partial charge is 0.253 e. The maximum atomic E-state index is 13.6. The van der Waals surface area contributed by atoms with Gasteiger partial charge >= 0.3 is 0 Å². The van der Waals surface area contributed by atoms with E-state index in [0.29, 0.717) is 29.4 Å². The fourth-order valence-electron chi connectivity index (χ4n) is 4.30. The lowest BCUT2D eigenvalue weighted by atomic mass is 9.85. The van der Waals surface area contributed by atoms with Crippen LogP contribution in [0.4, 0.5) is 10.8 Å². The number of anilines is 2. The molecule has 1 saturated heterocycles. The number of carbonyl (C=O) groups excluding carboxylic acids is 3. The van der Waals surface area contributed by atoms with Crippen LogP contribution in [0, 0.1) is 11.8 Å². The predicted molar refractivity (Wildman–Crippen MR) is 122 cm³/mol.